The van der Waals surface area contributed by atoms with Gasteiger partial charge in [-0.05, 0) is 13.3 Å². The number of nitrogens with zero attached hydrogens (tertiary/aromatic N) is 3. The van der Waals surface area contributed by atoms with Crippen LogP contribution in [0.4, 0.5) is 16.4 Å². The van der Waals surface area contributed by atoms with Crippen molar-refractivity contribution in [2.45, 2.75) is 39.2 Å². The van der Waals surface area contributed by atoms with E-state index in [2.05, 4.69) is 24.9 Å². The molecule has 2 rings (SSSR count). The number of anilines is 2. The second-order valence-corrected chi connectivity index (χ2v) is 5.64. The van der Waals surface area contributed by atoms with Gasteiger partial charge in [0.25, 0.3) is 0 Å². The van der Waals surface area contributed by atoms with Crippen molar-refractivity contribution >= 4 is 17.7 Å². The zero-order valence-electron chi connectivity index (χ0n) is 13.0. The highest BCUT2D eigenvalue weighted by atomic mass is 16.5. The second kappa shape index (κ2) is 6.15. The van der Waals surface area contributed by atoms with E-state index in [1.54, 1.807) is 0 Å². The topological polar surface area (TPSA) is 93.4 Å². The molecule has 116 valence electrons. The van der Waals surface area contributed by atoms with Crippen LogP contribution in [-0.4, -0.2) is 42.3 Å². The third-order valence-electron chi connectivity index (χ3n) is 3.69. The van der Waals surface area contributed by atoms with E-state index in [1.165, 1.54) is 7.11 Å². The summed E-state index contributed by atoms with van der Waals surface area (Å²) >= 11 is 0. The molecule has 1 unspecified atom stereocenters. The van der Waals surface area contributed by atoms with E-state index >= 15 is 0 Å². The van der Waals surface area contributed by atoms with Gasteiger partial charge in [0.1, 0.15) is 17.5 Å². The number of hydrogen-bond acceptors (Lipinski definition) is 6. The highest BCUT2D eigenvalue weighted by Gasteiger charge is 2.27. The van der Waals surface area contributed by atoms with Crippen molar-refractivity contribution in [3.63, 3.8) is 0 Å². The number of nitrogen functional groups attached to an aromatic ring is 1. The van der Waals surface area contributed by atoms with E-state index in [0.717, 1.165) is 30.2 Å². The third kappa shape index (κ3) is 3.34. The first kappa shape index (κ1) is 15.3. The summed E-state index contributed by atoms with van der Waals surface area (Å²) in [6, 6.07) is 0.0653. The second-order valence-electron chi connectivity index (χ2n) is 5.64. The Balaban J connectivity index is 2.17. The Hall–Kier alpha value is -2.05. The lowest BCUT2D eigenvalue weighted by Gasteiger charge is -2.21. The zero-order valence-corrected chi connectivity index (χ0v) is 13.0. The first-order valence-corrected chi connectivity index (χ1v) is 7.15. The van der Waals surface area contributed by atoms with Crippen molar-refractivity contribution in [2.24, 2.45) is 0 Å². The molecule has 7 nitrogen and oxygen atoms in total. The SMILES string of the molecule is COC(=O)NC1CCN(c2nc(C(C)C)nc(N)c2C)C1. The van der Waals surface area contributed by atoms with E-state index in [9.17, 15) is 4.79 Å². The summed E-state index contributed by atoms with van der Waals surface area (Å²) in [5, 5.41) is 2.82. The molecule has 1 atom stereocenters. The van der Waals surface area contributed by atoms with Gasteiger partial charge in [-0.3, -0.25) is 0 Å². The molecule has 2 heterocycles. The molecule has 1 fully saturated rings. The average molecular weight is 293 g/mol. The highest BCUT2D eigenvalue weighted by molar-refractivity contribution is 5.67. The van der Waals surface area contributed by atoms with Crippen LogP contribution in [0.1, 0.15) is 37.6 Å². The van der Waals surface area contributed by atoms with E-state index in [4.69, 9.17) is 5.73 Å². The maximum Gasteiger partial charge on any atom is 0.407 e. The van der Waals surface area contributed by atoms with Crippen LogP contribution >= 0.6 is 0 Å². The van der Waals surface area contributed by atoms with Crippen molar-refractivity contribution in [3.05, 3.63) is 11.4 Å². The molecule has 1 aromatic rings. The molecule has 7 heteroatoms. The van der Waals surface area contributed by atoms with Crippen molar-refractivity contribution in [1.29, 1.82) is 0 Å². The van der Waals surface area contributed by atoms with Gasteiger partial charge in [0.05, 0.1) is 13.2 Å². The number of carbonyl (C=O) groups is 1. The Morgan fingerprint density at radius 1 is 1.48 bits per heavy atom. The van der Waals surface area contributed by atoms with Gasteiger partial charge in [-0.1, -0.05) is 13.8 Å². The maximum atomic E-state index is 11.3. The predicted molar refractivity (Wildman–Crippen MR) is 81.4 cm³/mol. The summed E-state index contributed by atoms with van der Waals surface area (Å²) in [4.78, 5) is 22.4. The smallest absolute Gasteiger partial charge is 0.407 e. The molecule has 0 radical (unpaired) electrons. The largest absolute Gasteiger partial charge is 0.453 e. The molecule has 0 aromatic carbocycles. The molecule has 0 spiro atoms. The third-order valence-corrected chi connectivity index (χ3v) is 3.69. The van der Waals surface area contributed by atoms with Crippen molar-refractivity contribution in [2.75, 3.05) is 30.8 Å². The molecule has 1 saturated heterocycles. The molecule has 3 N–H and O–H groups in total. The molecular formula is C14H23N5O2. The number of ether oxygens (including phenoxy) is 1. The molecule has 0 aliphatic carbocycles. The molecule has 1 aliphatic rings. The van der Waals surface area contributed by atoms with Gasteiger partial charge in [-0.25, -0.2) is 14.8 Å². The fourth-order valence-corrected chi connectivity index (χ4v) is 2.40. The summed E-state index contributed by atoms with van der Waals surface area (Å²) in [7, 11) is 1.37. The van der Waals surface area contributed by atoms with Crippen molar-refractivity contribution in [1.82, 2.24) is 15.3 Å². The number of rotatable bonds is 3. The Kier molecular flexibility index (Phi) is 4.50. The number of carbonyl (C=O) groups excluding carboxylic acids is 1. The molecular weight excluding hydrogens is 270 g/mol. The van der Waals surface area contributed by atoms with Crippen LogP contribution in [0.2, 0.25) is 0 Å². The molecule has 1 aliphatic heterocycles. The van der Waals surface area contributed by atoms with Crippen LogP contribution in [0, 0.1) is 6.92 Å². The standard InChI is InChI=1S/C14H23N5O2/c1-8(2)12-17-11(15)9(3)13(18-12)19-6-5-10(7-19)16-14(20)21-4/h8,10H,5-7H2,1-4H3,(H,16,20)(H2,15,17,18). The van der Waals surface area contributed by atoms with Crippen LogP contribution < -0.4 is 16.0 Å². The zero-order chi connectivity index (χ0) is 15.6. The number of hydrogen-bond donors (Lipinski definition) is 2. The van der Waals surface area contributed by atoms with Gasteiger partial charge < -0.3 is 20.7 Å². The number of methoxy groups -OCH3 is 1. The maximum absolute atomic E-state index is 11.3. The lowest BCUT2D eigenvalue weighted by atomic mass is 10.2. The van der Waals surface area contributed by atoms with Crippen LogP contribution in [0.15, 0.2) is 0 Å². The molecule has 1 amide bonds. The quantitative estimate of drug-likeness (QED) is 0.875. The van der Waals surface area contributed by atoms with Crippen LogP contribution in [0.3, 0.4) is 0 Å². The van der Waals surface area contributed by atoms with Gasteiger partial charge >= 0.3 is 6.09 Å². The lowest BCUT2D eigenvalue weighted by molar-refractivity contribution is 0.167. The first-order valence-electron chi connectivity index (χ1n) is 7.15. The molecule has 1 aromatic heterocycles. The van der Waals surface area contributed by atoms with Crippen LogP contribution in [-0.2, 0) is 4.74 Å². The predicted octanol–water partition coefficient (Wildman–Crippen LogP) is 1.43. The van der Waals surface area contributed by atoms with Gasteiger partial charge in [-0.15, -0.1) is 0 Å². The normalized spacial score (nSPS) is 18.1. The Morgan fingerprint density at radius 2 is 2.19 bits per heavy atom. The minimum absolute atomic E-state index is 0.0653. The van der Waals surface area contributed by atoms with Crippen molar-refractivity contribution in [3.8, 4) is 0 Å². The van der Waals surface area contributed by atoms with Gasteiger partial charge in [0.2, 0.25) is 0 Å². The minimum Gasteiger partial charge on any atom is -0.453 e. The molecule has 21 heavy (non-hydrogen) atoms. The number of alkyl carbamates (subject to hydrolysis) is 1. The summed E-state index contributed by atoms with van der Waals surface area (Å²) in [6.45, 7) is 7.53. The minimum atomic E-state index is -0.399. The van der Waals surface area contributed by atoms with E-state index in [0.29, 0.717) is 12.4 Å². The van der Waals surface area contributed by atoms with Gasteiger partial charge in [0, 0.05) is 24.6 Å². The molecule has 0 bridgehead atoms. The van der Waals surface area contributed by atoms with Crippen LogP contribution in [0.5, 0.6) is 0 Å². The van der Waals surface area contributed by atoms with E-state index in [1.807, 2.05) is 20.8 Å². The Morgan fingerprint density at radius 3 is 2.81 bits per heavy atom. The van der Waals surface area contributed by atoms with Gasteiger partial charge in [-0.2, -0.15) is 0 Å². The summed E-state index contributed by atoms with van der Waals surface area (Å²) < 4.78 is 4.63. The average Bonchev–Trinajstić information content (AvgIpc) is 2.89. The monoisotopic (exact) mass is 293 g/mol. The number of nitrogens with two attached hydrogens (primary N) is 1. The highest BCUT2D eigenvalue weighted by Crippen LogP contribution is 2.27. The first-order chi connectivity index (χ1) is 9.92. The fourth-order valence-electron chi connectivity index (χ4n) is 2.40. The number of amides is 1. The fraction of sp³-hybridized carbons (Fsp3) is 0.643. The summed E-state index contributed by atoms with van der Waals surface area (Å²) in [5.74, 6) is 2.35. The summed E-state index contributed by atoms with van der Waals surface area (Å²) in [5.41, 5.74) is 6.88. The van der Waals surface area contributed by atoms with Crippen molar-refractivity contribution < 1.29 is 9.53 Å². The van der Waals surface area contributed by atoms with E-state index < -0.39 is 6.09 Å². The number of aromatic nitrogens is 2. The molecule has 0 saturated carbocycles. The van der Waals surface area contributed by atoms with E-state index in [-0.39, 0.29) is 12.0 Å². The summed E-state index contributed by atoms with van der Waals surface area (Å²) in [6.07, 6.45) is 0.457. The Labute approximate surface area is 124 Å². The number of nitrogens with one attached hydrogen (secondary N) is 1. The van der Waals surface area contributed by atoms with Gasteiger partial charge in [0.15, 0.2) is 0 Å². The van der Waals surface area contributed by atoms with Crippen LogP contribution in [0.25, 0.3) is 0 Å². The Bertz CT molecular complexity index is 532. The lowest BCUT2D eigenvalue weighted by Crippen LogP contribution is -2.37.